The van der Waals surface area contributed by atoms with E-state index >= 15 is 0 Å². The van der Waals surface area contributed by atoms with Gasteiger partial charge in [-0.05, 0) is 43.7 Å². The molecule has 0 saturated carbocycles. The number of benzene rings is 2. The van der Waals surface area contributed by atoms with Gasteiger partial charge in [-0.2, -0.15) is 0 Å². The molecule has 100 valence electrons. The largest absolute Gasteiger partial charge is 0.0925 e. The lowest BCUT2D eigenvalue weighted by Crippen LogP contribution is -2.10. The van der Waals surface area contributed by atoms with E-state index in [0.717, 1.165) is 18.2 Å². The van der Waals surface area contributed by atoms with Crippen LogP contribution in [-0.4, -0.2) is 5.33 Å². The highest BCUT2D eigenvalue weighted by Crippen LogP contribution is 2.18. The van der Waals surface area contributed by atoms with Crippen LogP contribution in [0.2, 0.25) is 0 Å². The predicted molar refractivity (Wildman–Crippen MR) is 87.1 cm³/mol. The lowest BCUT2D eigenvalue weighted by Gasteiger charge is -2.15. The van der Waals surface area contributed by atoms with E-state index in [1.807, 2.05) is 0 Å². The van der Waals surface area contributed by atoms with Crippen LogP contribution in [0.25, 0.3) is 0 Å². The Labute approximate surface area is 125 Å². The number of halogens is 1. The molecule has 0 aliphatic rings. The molecule has 0 spiro atoms. The minimum absolute atomic E-state index is 0.656. The number of alkyl halides is 1. The minimum atomic E-state index is 0.656. The van der Waals surface area contributed by atoms with E-state index < -0.39 is 0 Å². The Morgan fingerprint density at radius 1 is 0.842 bits per heavy atom. The quantitative estimate of drug-likeness (QED) is 0.673. The van der Waals surface area contributed by atoms with Gasteiger partial charge in [-0.1, -0.05) is 75.6 Å². The third kappa shape index (κ3) is 4.50. The maximum Gasteiger partial charge on any atom is 0.00660 e. The Morgan fingerprint density at radius 3 is 1.68 bits per heavy atom. The van der Waals surface area contributed by atoms with Crippen molar-refractivity contribution in [3.8, 4) is 0 Å². The summed E-state index contributed by atoms with van der Waals surface area (Å²) in [7, 11) is 0. The number of rotatable bonds is 5. The van der Waals surface area contributed by atoms with Crippen LogP contribution in [0.3, 0.4) is 0 Å². The van der Waals surface area contributed by atoms with Crippen LogP contribution in [0.5, 0.6) is 0 Å². The van der Waals surface area contributed by atoms with Crippen LogP contribution >= 0.6 is 15.9 Å². The van der Waals surface area contributed by atoms with Gasteiger partial charge in [0.05, 0.1) is 0 Å². The zero-order valence-electron chi connectivity index (χ0n) is 11.7. The van der Waals surface area contributed by atoms with Crippen LogP contribution < -0.4 is 0 Å². The first kappa shape index (κ1) is 14.3. The van der Waals surface area contributed by atoms with E-state index in [1.54, 1.807) is 0 Å². The molecule has 0 saturated heterocycles. The third-order valence-electron chi connectivity index (χ3n) is 3.43. The van der Waals surface area contributed by atoms with E-state index in [-0.39, 0.29) is 0 Å². The Kier molecular flexibility index (Phi) is 5.21. The van der Waals surface area contributed by atoms with Gasteiger partial charge in [0.1, 0.15) is 0 Å². The number of hydrogen-bond donors (Lipinski definition) is 0. The van der Waals surface area contributed by atoms with E-state index in [0.29, 0.717) is 5.92 Å². The first-order chi connectivity index (χ1) is 9.17. The van der Waals surface area contributed by atoms with Crippen molar-refractivity contribution in [3.05, 3.63) is 70.8 Å². The van der Waals surface area contributed by atoms with Crippen LogP contribution in [-0.2, 0) is 12.8 Å². The van der Waals surface area contributed by atoms with Crippen molar-refractivity contribution >= 4 is 15.9 Å². The van der Waals surface area contributed by atoms with Crippen molar-refractivity contribution in [2.45, 2.75) is 26.7 Å². The molecule has 0 aromatic heterocycles. The normalized spacial score (nSPS) is 10.9. The predicted octanol–water partition coefficient (Wildman–Crippen LogP) is 5.10. The van der Waals surface area contributed by atoms with Gasteiger partial charge in [-0.25, -0.2) is 0 Å². The first-order valence-corrected chi connectivity index (χ1v) is 7.96. The molecule has 19 heavy (non-hydrogen) atoms. The summed E-state index contributed by atoms with van der Waals surface area (Å²) >= 11 is 3.67. The standard InChI is InChI=1S/C18H21Br/c1-14-5-3-7-16(9-14)11-18(13-19)12-17-8-4-6-15(2)10-17/h3-10,18H,11-13H2,1-2H3. The van der Waals surface area contributed by atoms with Crippen molar-refractivity contribution in [2.24, 2.45) is 5.92 Å². The summed E-state index contributed by atoms with van der Waals surface area (Å²) in [6, 6.07) is 17.7. The van der Waals surface area contributed by atoms with Gasteiger partial charge >= 0.3 is 0 Å². The third-order valence-corrected chi connectivity index (χ3v) is 4.35. The molecule has 2 aromatic carbocycles. The molecule has 0 unspecified atom stereocenters. The fraction of sp³-hybridized carbons (Fsp3) is 0.333. The number of aryl methyl sites for hydroxylation is 2. The minimum Gasteiger partial charge on any atom is -0.0925 e. The van der Waals surface area contributed by atoms with Crippen LogP contribution in [0, 0.1) is 19.8 Å². The van der Waals surface area contributed by atoms with Gasteiger partial charge in [0.25, 0.3) is 0 Å². The van der Waals surface area contributed by atoms with E-state index in [4.69, 9.17) is 0 Å². The highest BCUT2D eigenvalue weighted by atomic mass is 79.9. The van der Waals surface area contributed by atoms with Crippen LogP contribution in [0.1, 0.15) is 22.3 Å². The zero-order valence-corrected chi connectivity index (χ0v) is 13.3. The molecular weight excluding hydrogens is 296 g/mol. The van der Waals surface area contributed by atoms with Crippen LogP contribution in [0.15, 0.2) is 48.5 Å². The molecule has 1 heteroatoms. The molecule has 0 bridgehead atoms. The summed E-state index contributed by atoms with van der Waals surface area (Å²) < 4.78 is 0. The summed E-state index contributed by atoms with van der Waals surface area (Å²) in [5.41, 5.74) is 5.58. The fourth-order valence-corrected chi connectivity index (χ4v) is 2.98. The molecule has 0 aliphatic heterocycles. The average molecular weight is 317 g/mol. The Balaban J connectivity index is 2.04. The first-order valence-electron chi connectivity index (χ1n) is 6.84. The summed E-state index contributed by atoms with van der Waals surface area (Å²) in [5.74, 6) is 0.656. The van der Waals surface area contributed by atoms with Gasteiger partial charge in [0.15, 0.2) is 0 Å². The maximum absolute atomic E-state index is 3.67. The smallest absolute Gasteiger partial charge is 0.00660 e. The lowest BCUT2D eigenvalue weighted by atomic mass is 9.93. The second kappa shape index (κ2) is 6.91. The van der Waals surface area contributed by atoms with E-state index in [2.05, 4.69) is 78.3 Å². The summed E-state index contributed by atoms with van der Waals surface area (Å²) in [5, 5.41) is 1.05. The highest BCUT2D eigenvalue weighted by molar-refractivity contribution is 9.09. The molecule has 2 rings (SSSR count). The van der Waals surface area contributed by atoms with Gasteiger partial charge in [0.2, 0.25) is 0 Å². The van der Waals surface area contributed by atoms with Crippen molar-refractivity contribution in [2.75, 3.05) is 5.33 Å². The molecule has 2 aromatic rings. The van der Waals surface area contributed by atoms with Crippen LogP contribution in [0.4, 0.5) is 0 Å². The van der Waals surface area contributed by atoms with E-state index in [9.17, 15) is 0 Å². The monoisotopic (exact) mass is 316 g/mol. The van der Waals surface area contributed by atoms with Crippen molar-refractivity contribution in [1.29, 1.82) is 0 Å². The summed E-state index contributed by atoms with van der Waals surface area (Å²) in [4.78, 5) is 0. The molecule has 0 nitrogen and oxygen atoms in total. The molecular formula is C18H21Br. The van der Waals surface area contributed by atoms with E-state index in [1.165, 1.54) is 22.3 Å². The Morgan fingerprint density at radius 2 is 1.32 bits per heavy atom. The van der Waals surface area contributed by atoms with Crippen molar-refractivity contribution in [1.82, 2.24) is 0 Å². The molecule has 0 heterocycles. The number of hydrogen-bond acceptors (Lipinski definition) is 0. The lowest BCUT2D eigenvalue weighted by molar-refractivity contribution is 0.591. The molecule has 0 atom stereocenters. The molecule has 0 N–H and O–H groups in total. The molecule has 0 amide bonds. The molecule has 0 fully saturated rings. The SMILES string of the molecule is Cc1cccc(CC(CBr)Cc2cccc(C)c2)c1. The Hall–Kier alpha value is -1.08. The zero-order chi connectivity index (χ0) is 13.7. The van der Waals surface area contributed by atoms with Gasteiger partial charge in [0, 0.05) is 5.33 Å². The van der Waals surface area contributed by atoms with Gasteiger partial charge in [-0.3, -0.25) is 0 Å². The topological polar surface area (TPSA) is 0 Å². The highest BCUT2D eigenvalue weighted by Gasteiger charge is 2.09. The summed E-state index contributed by atoms with van der Waals surface area (Å²) in [6.45, 7) is 4.32. The average Bonchev–Trinajstić information content (AvgIpc) is 2.38. The molecule has 0 aliphatic carbocycles. The van der Waals surface area contributed by atoms with Crippen molar-refractivity contribution < 1.29 is 0 Å². The second-order valence-electron chi connectivity index (χ2n) is 5.41. The summed E-state index contributed by atoms with van der Waals surface area (Å²) in [6.07, 6.45) is 2.28. The molecule has 0 radical (unpaired) electrons. The van der Waals surface area contributed by atoms with Crippen molar-refractivity contribution in [3.63, 3.8) is 0 Å². The maximum atomic E-state index is 3.67. The fourth-order valence-electron chi connectivity index (χ4n) is 2.53. The van der Waals surface area contributed by atoms with Gasteiger partial charge < -0.3 is 0 Å². The Bertz CT molecular complexity index is 483. The van der Waals surface area contributed by atoms with Gasteiger partial charge in [-0.15, -0.1) is 0 Å². The second-order valence-corrected chi connectivity index (χ2v) is 6.05.